The molecular formula is C14H17IN4. The van der Waals surface area contributed by atoms with Crippen LogP contribution in [0.2, 0.25) is 0 Å². The lowest BCUT2D eigenvalue weighted by Crippen LogP contribution is -2.09. The summed E-state index contributed by atoms with van der Waals surface area (Å²) in [6.07, 6.45) is 3.73. The molecule has 0 aliphatic heterocycles. The molecule has 1 N–H and O–H groups in total. The molecule has 0 amide bonds. The average Bonchev–Trinajstić information content (AvgIpc) is 2.47. The van der Waals surface area contributed by atoms with Crippen molar-refractivity contribution >= 4 is 28.4 Å². The number of nitrogens with one attached hydrogen (secondary N) is 1. The Hall–Kier alpha value is -1.24. The molecule has 100 valence electrons. The number of anilines is 1. The molecule has 0 aliphatic carbocycles. The monoisotopic (exact) mass is 368 g/mol. The number of rotatable bonds is 5. The Bertz CT molecular complexity index is 543. The van der Waals surface area contributed by atoms with Crippen LogP contribution in [0, 0.1) is 3.57 Å². The van der Waals surface area contributed by atoms with Gasteiger partial charge >= 0.3 is 0 Å². The highest BCUT2D eigenvalue weighted by Gasteiger charge is 2.12. The minimum Gasteiger partial charge on any atom is -0.369 e. The molecule has 19 heavy (non-hydrogen) atoms. The molecular weight excluding hydrogens is 351 g/mol. The summed E-state index contributed by atoms with van der Waals surface area (Å²) in [6, 6.07) is 5.78. The summed E-state index contributed by atoms with van der Waals surface area (Å²) < 4.78 is 1.10. The molecule has 0 unspecified atom stereocenters. The van der Waals surface area contributed by atoms with Crippen LogP contribution in [0.3, 0.4) is 0 Å². The third-order valence-corrected chi connectivity index (χ3v) is 3.82. The molecule has 0 aromatic carbocycles. The summed E-state index contributed by atoms with van der Waals surface area (Å²) in [4.78, 5) is 13.5. The van der Waals surface area contributed by atoms with Gasteiger partial charge in [0.1, 0.15) is 11.5 Å². The van der Waals surface area contributed by atoms with Crippen molar-refractivity contribution in [3.05, 3.63) is 33.7 Å². The number of hydrogen-bond donors (Lipinski definition) is 1. The third-order valence-electron chi connectivity index (χ3n) is 2.69. The van der Waals surface area contributed by atoms with Gasteiger partial charge in [-0.3, -0.25) is 4.98 Å². The van der Waals surface area contributed by atoms with Gasteiger partial charge in [0, 0.05) is 12.7 Å². The molecule has 2 rings (SSSR count). The summed E-state index contributed by atoms with van der Waals surface area (Å²) in [5.41, 5.74) is 1.88. The first-order chi connectivity index (χ1) is 9.26. The van der Waals surface area contributed by atoms with Crippen molar-refractivity contribution in [2.24, 2.45) is 0 Å². The maximum Gasteiger partial charge on any atom is 0.180 e. The molecule has 0 atom stereocenters. The molecule has 5 heteroatoms. The van der Waals surface area contributed by atoms with E-state index in [1.54, 1.807) is 6.20 Å². The lowest BCUT2D eigenvalue weighted by atomic mass is 10.2. The molecule has 2 heterocycles. The van der Waals surface area contributed by atoms with Crippen molar-refractivity contribution in [3.8, 4) is 11.5 Å². The topological polar surface area (TPSA) is 50.7 Å². The minimum absolute atomic E-state index is 0.691. The first-order valence-corrected chi connectivity index (χ1v) is 7.55. The molecule has 0 bridgehead atoms. The van der Waals surface area contributed by atoms with Gasteiger partial charge in [0.25, 0.3) is 0 Å². The molecule has 0 saturated heterocycles. The van der Waals surface area contributed by atoms with E-state index in [2.05, 4.69) is 56.7 Å². The number of halogens is 1. The van der Waals surface area contributed by atoms with Crippen molar-refractivity contribution in [1.82, 2.24) is 15.0 Å². The van der Waals surface area contributed by atoms with Crippen LogP contribution < -0.4 is 5.32 Å². The van der Waals surface area contributed by atoms with E-state index in [1.807, 2.05) is 18.2 Å². The zero-order valence-corrected chi connectivity index (χ0v) is 13.3. The number of nitrogens with zero attached hydrogens (tertiary/aromatic N) is 3. The molecule has 2 aromatic rings. The van der Waals surface area contributed by atoms with E-state index in [4.69, 9.17) is 0 Å². The number of aryl methyl sites for hydroxylation is 1. The Kier molecular flexibility index (Phi) is 5.07. The highest BCUT2D eigenvalue weighted by molar-refractivity contribution is 14.1. The standard InChI is InChI=1S/C14H17IN4/c1-3-8-17-14-12(15)10(4-2)18-13(19-14)11-7-5-6-9-16-11/h5-7,9H,3-4,8H2,1-2H3,(H,17,18,19). The Morgan fingerprint density at radius 3 is 2.68 bits per heavy atom. The van der Waals surface area contributed by atoms with Crippen LogP contribution in [0.15, 0.2) is 24.4 Å². The Balaban J connectivity index is 2.45. The number of aromatic nitrogens is 3. The Labute approximate surface area is 127 Å². The summed E-state index contributed by atoms with van der Waals surface area (Å²) in [5.74, 6) is 1.60. The first kappa shape index (κ1) is 14.2. The predicted molar refractivity (Wildman–Crippen MR) is 86.1 cm³/mol. The minimum atomic E-state index is 0.691. The first-order valence-electron chi connectivity index (χ1n) is 6.48. The molecule has 0 spiro atoms. The van der Waals surface area contributed by atoms with Crippen LogP contribution in [0.5, 0.6) is 0 Å². The van der Waals surface area contributed by atoms with Gasteiger partial charge in [0.15, 0.2) is 5.82 Å². The zero-order chi connectivity index (χ0) is 13.7. The van der Waals surface area contributed by atoms with Crippen LogP contribution in [0.4, 0.5) is 5.82 Å². The second kappa shape index (κ2) is 6.79. The van der Waals surface area contributed by atoms with Crippen molar-refractivity contribution < 1.29 is 0 Å². The van der Waals surface area contributed by atoms with Crippen LogP contribution >= 0.6 is 22.6 Å². The molecule has 0 fully saturated rings. The lowest BCUT2D eigenvalue weighted by Gasteiger charge is -2.11. The van der Waals surface area contributed by atoms with E-state index in [0.717, 1.165) is 40.2 Å². The fourth-order valence-corrected chi connectivity index (χ4v) is 2.51. The maximum atomic E-state index is 4.61. The summed E-state index contributed by atoms with van der Waals surface area (Å²) in [5, 5.41) is 3.36. The fraction of sp³-hybridized carbons (Fsp3) is 0.357. The highest BCUT2D eigenvalue weighted by atomic mass is 127. The Morgan fingerprint density at radius 1 is 1.21 bits per heavy atom. The maximum absolute atomic E-state index is 4.61. The van der Waals surface area contributed by atoms with Crippen molar-refractivity contribution in [1.29, 1.82) is 0 Å². The third kappa shape index (κ3) is 3.40. The van der Waals surface area contributed by atoms with Gasteiger partial charge in [-0.25, -0.2) is 9.97 Å². The van der Waals surface area contributed by atoms with Gasteiger partial charge in [-0.05, 0) is 47.6 Å². The Morgan fingerprint density at radius 2 is 2.05 bits per heavy atom. The smallest absolute Gasteiger partial charge is 0.180 e. The van der Waals surface area contributed by atoms with Gasteiger partial charge < -0.3 is 5.32 Å². The van der Waals surface area contributed by atoms with Crippen molar-refractivity contribution in [2.75, 3.05) is 11.9 Å². The lowest BCUT2D eigenvalue weighted by molar-refractivity contribution is 0.940. The van der Waals surface area contributed by atoms with Crippen LogP contribution in [-0.2, 0) is 6.42 Å². The molecule has 2 aromatic heterocycles. The highest BCUT2D eigenvalue weighted by Crippen LogP contribution is 2.23. The molecule has 4 nitrogen and oxygen atoms in total. The fourth-order valence-electron chi connectivity index (χ4n) is 1.70. The summed E-state index contributed by atoms with van der Waals surface area (Å²) >= 11 is 2.31. The largest absolute Gasteiger partial charge is 0.369 e. The van der Waals surface area contributed by atoms with Gasteiger partial charge in [-0.2, -0.15) is 0 Å². The SMILES string of the molecule is CCCNc1nc(-c2ccccn2)nc(CC)c1I. The zero-order valence-electron chi connectivity index (χ0n) is 11.2. The second-order valence-electron chi connectivity index (χ2n) is 4.15. The molecule has 0 saturated carbocycles. The van der Waals surface area contributed by atoms with E-state index >= 15 is 0 Å². The molecule has 0 radical (unpaired) electrons. The number of pyridine rings is 1. The van der Waals surface area contributed by atoms with E-state index in [-0.39, 0.29) is 0 Å². The van der Waals surface area contributed by atoms with E-state index in [9.17, 15) is 0 Å². The van der Waals surface area contributed by atoms with Crippen molar-refractivity contribution in [3.63, 3.8) is 0 Å². The van der Waals surface area contributed by atoms with E-state index in [0.29, 0.717) is 5.82 Å². The van der Waals surface area contributed by atoms with Gasteiger partial charge in [-0.1, -0.05) is 19.9 Å². The van der Waals surface area contributed by atoms with Gasteiger partial charge in [-0.15, -0.1) is 0 Å². The quantitative estimate of drug-likeness (QED) is 0.821. The van der Waals surface area contributed by atoms with Crippen LogP contribution in [0.25, 0.3) is 11.5 Å². The van der Waals surface area contributed by atoms with Crippen molar-refractivity contribution in [2.45, 2.75) is 26.7 Å². The summed E-state index contributed by atoms with van der Waals surface area (Å²) in [6.45, 7) is 5.16. The summed E-state index contributed by atoms with van der Waals surface area (Å²) in [7, 11) is 0. The van der Waals surface area contributed by atoms with E-state index < -0.39 is 0 Å². The average molecular weight is 368 g/mol. The van der Waals surface area contributed by atoms with Crippen LogP contribution in [0.1, 0.15) is 26.0 Å². The van der Waals surface area contributed by atoms with Gasteiger partial charge in [0.2, 0.25) is 0 Å². The second-order valence-corrected chi connectivity index (χ2v) is 5.23. The van der Waals surface area contributed by atoms with Crippen LogP contribution in [-0.4, -0.2) is 21.5 Å². The predicted octanol–water partition coefficient (Wildman–Crippen LogP) is 3.53. The normalized spacial score (nSPS) is 10.5. The number of hydrogen-bond acceptors (Lipinski definition) is 4. The molecule has 0 aliphatic rings. The van der Waals surface area contributed by atoms with E-state index in [1.165, 1.54) is 0 Å². The van der Waals surface area contributed by atoms with Gasteiger partial charge in [0.05, 0.1) is 9.26 Å².